The molecule has 14 heavy (non-hydrogen) atoms. The lowest BCUT2D eigenvalue weighted by atomic mass is 10.0. The molecule has 3 heteroatoms. The van der Waals surface area contributed by atoms with Crippen LogP contribution in [0.25, 0.3) is 0 Å². The van der Waals surface area contributed by atoms with Crippen molar-refractivity contribution in [3.8, 4) is 6.07 Å². The molecule has 0 aliphatic heterocycles. The lowest BCUT2D eigenvalue weighted by Crippen LogP contribution is -2.11. The van der Waals surface area contributed by atoms with E-state index in [1.807, 2.05) is 6.92 Å². The molecule has 1 aromatic carbocycles. The average molecular weight is 195 g/mol. The molecule has 0 amide bonds. The number of hydrogen-bond donors (Lipinski definition) is 0. The molecule has 0 aliphatic rings. The summed E-state index contributed by atoms with van der Waals surface area (Å²) >= 11 is 0. The van der Waals surface area contributed by atoms with E-state index in [1.165, 1.54) is 18.2 Å². The fraction of sp³-hybridized carbons (Fsp3) is 0.364. The third kappa shape index (κ3) is 2.29. The van der Waals surface area contributed by atoms with Gasteiger partial charge in [-0.25, -0.2) is 8.78 Å². The molecule has 0 saturated heterocycles. The van der Waals surface area contributed by atoms with E-state index in [9.17, 15) is 8.78 Å². The van der Waals surface area contributed by atoms with Crippen molar-refractivity contribution in [1.29, 1.82) is 5.26 Å². The Morgan fingerprint density at radius 2 is 1.86 bits per heavy atom. The molecule has 0 spiro atoms. The lowest BCUT2D eigenvalue weighted by molar-refractivity contribution is 0.000938. The van der Waals surface area contributed by atoms with Crippen LogP contribution in [0.15, 0.2) is 24.3 Å². The minimum Gasteiger partial charge on any atom is -0.200 e. The van der Waals surface area contributed by atoms with Crippen LogP contribution >= 0.6 is 0 Å². The minimum absolute atomic E-state index is 0.0868. The van der Waals surface area contributed by atoms with Gasteiger partial charge in [0.2, 0.25) is 0 Å². The highest BCUT2D eigenvalue weighted by molar-refractivity contribution is 5.26. The normalized spacial score (nSPS) is 11.0. The summed E-state index contributed by atoms with van der Waals surface area (Å²) < 4.78 is 26.3. The first-order chi connectivity index (χ1) is 6.60. The van der Waals surface area contributed by atoms with Gasteiger partial charge in [0.05, 0.1) is 6.07 Å². The van der Waals surface area contributed by atoms with Crippen LogP contribution in [0.4, 0.5) is 8.78 Å². The Morgan fingerprint density at radius 3 is 2.29 bits per heavy atom. The average Bonchev–Trinajstić information content (AvgIpc) is 2.18. The maximum atomic E-state index is 13.2. The highest BCUT2D eigenvalue weighted by Crippen LogP contribution is 2.31. The summed E-state index contributed by atoms with van der Waals surface area (Å²) in [4.78, 5) is 0. The number of nitrogens with zero attached hydrogens (tertiary/aromatic N) is 1. The summed E-state index contributed by atoms with van der Waals surface area (Å²) in [6, 6.07) is 7.59. The Balaban J connectivity index is 2.92. The quantitative estimate of drug-likeness (QED) is 0.726. The molecule has 0 aliphatic carbocycles. The van der Waals surface area contributed by atoms with Crippen molar-refractivity contribution in [1.82, 2.24) is 0 Å². The molecule has 1 rings (SSSR count). The van der Waals surface area contributed by atoms with E-state index in [0.29, 0.717) is 0 Å². The number of alkyl halides is 2. The Bertz CT molecular complexity index is 335. The first kappa shape index (κ1) is 10.6. The predicted molar refractivity (Wildman–Crippen MR) is 49.9 cm³/mol. The van der Waals surface area contributed by atoms with Gasteiger partial charge in [-0.05, 0) is 12.0 Å². The first-order valence-corrected chi connectivity index (χ1v) is 4.44. The van der Waals surface area contributed by atoms with Crippen molar-refractivity contribution in [3.05, 3.63) is 35.4 Å². The van der Waals surface area contributed by atoms with Crippen molar-refractivity contribution in [2.45, 2.75) is 25.7 Å². The Labute approximate surface area is 82.0 Å². The SMILES string of the molecule is CCc1ccc(C(F)(F)CC#N)cc1. The Morgan fingerprint density at radius 1 is 1.29 bits per heavy atom. The van der Waals surface area contributed by atoms with E-state index in [1.54, 1.807) is 12.1 Å². The van der Waals surface area contributed by atoms with Gasteiger partial charge in [-0.2, -0.15) is 5.26 Å². The fourth-order valence-electron chi connectivity index (χ4n) is 1.19. The molecule has 0 fully saturated rings. The second kappa shape index (κ2) is 4.19. The zero-order chi connectivity index (χ0) is 10.6. The lowest BCUT2D eigenvalue weighted by Gasteiger charge is -2.12. The number of hydrogen-bond acceptors (Lipinski definition) is 1. The van der Waals surface area contributed by atoms with Crippen molar-refractivity contribution in [2.24, 2.45) is 0 Å². The molecule has 0 bridgehead atoms. The summed E-state index contributed by atoms with van der Waals surface area (Å²) in [6.07, 6.45) is 0.0581. The fourth-order valence-corrected chi connectivity index (χ4v) is 1.19. The summed E-state index contributed by atoms with van der Waals surface area (Å²) in [5.74, 6) is -3.03. The van der Waals surface area contributed by atoms with Crippen LogP contribution in [0, 0.1) is 11.3 Å². The molecule has 0 radical (unpaired) electrons. The van der Waals surface area contributed by atoms with Crippen LogP contribution in [0.5, 0.6) is 0 Å². The molecule has 0 N–H and O–H groups in total. The van der Waals surface area contributed by atoms with Crippen molar-refractivity contribution in [2.75, 3.05) is 0 Å². The van der Waals surface area contributed by atoms with Crippen LogP contribution in [-0.2, 0) is 12.3 Å². The number of nitriles is 1. The van der Waals surface area contributed by atoms with Gasteiger partial charge in [0, 0.05) is 5.56 Å². The number of halogens is 2. The molecule has 0 atom stereocenters. The summed E-state index contributed by atoms with van der Waals surface area (Å²) in [7, 11) is 0. The topological polar surface area (TPSA) is 23.8 Å². The monoisotopic (exact) mass is 195 g/mol. The van der Waals surface area contributed by atoms with E-state index in [2.05, 4.69) is 0 Å². The second-order valence-corrected chi connectivity index (χ2v) is 3.09. The van der Waals surface area contributed by atoms with E-state index in [4.69, 9.17) is 5.26 Å². The highest BCUT2D eigenvalue weighted by Gasteiger charge is 2.30. The third-order valence-electron chi connectivity index (χ3n) is 2.09. The third-order valence-corrected chi connectivity index (χ3v) is 2.09. The zero-order valence-corrected chi connectivity index (χ0v) is 7.93. The standard InChI is InChI=1S/C11H11F2N/c1-2-9-3-5-10(6-4-9)11(12,13)7-8-14/h3-6H,2,7H2,1H3. The summed E-state index contributed by atoms with van der Waals surface area (Å²) in [5.41, 5.74) is 0.928. The summed E-state index contributed by atoms with van der Waals surface area (Å²) in [5, 5.41) is 8.23. The van der Waals surface area contributed by atoms with Crippen molar-refractivity contribution >= 4 is 0 Å². The van der Waals surface area contributed by atoms with Gasteiger partial charge < -0.3 is 0 Å². The maximum absolute atomic E-state index is 13.2. The van der Waals surface area contributed by atoms with Gasteiger partial charge in [-0.3, -0.25) is 0 Å². The van der Waals surface area contributed by atoms with Crippen LogP contribution in [-0.4, -0.2) is 0 Å². The number of benzene rings is 1. The van der Waals surface area contributed by atoms with E-state index in [-0.39, 0.29) is 5.56 Å². The molecule has 0 aromatic heterocycles. The predicted octanol–water partition coefficient (Wildman–Crippen LogP) is 3.25. The van der Waals surface area contributed by atoms with Crippen LogP contribution in [0.2, 0.25) is 0 Å². The van der Waals surface area contributed by atoms with Gasteiger partial charge in [-0.15, -0.1) is 0 Å². The molecule has 0 heterocycles. The largest absolute Gasteiger partial charge is 0.286 e. The minimum atomic E-state index is -3.03. The van der Waals surface area contributed by atoms with Crippen LogP contribution in [0.3, 0.4) is 0 Å². The van der Waals surface area contributed by atoms with Gasteiger partial charge in [-0.1, -0.05) is 31.2 Å². The molecular weight excluding hydrogens is 184 g/mol. The number of aryl methyl sites for hydroxylation is 1. The Kier molecular flexibility index (Phi) is 3.19. The second-order valence-electron chi connectivity index (χ2n) is 3.09. The molecule has 74 valence electrons. The maximum Gasteiger partial charge on any atom is 0.286 e. The highest BCUT2D eigenvalue weighted by atomic mass is 19.3. The van der Waals surface area contributed by atoms with Gasteiger partial charge >= 0.3 is 0 Å². The Hall–Kier alpha value is -1.43. The van der Waals surface area contributed by atoms with E-state index >= 15 is 0 Å². The molecule has 1 aromatic rings. The van der Waals surface area contributed by atoms with Gasteiger partial charge in [0.1, 0.15) is 6.42 Å². The smallest absolute Gasteiger partial charge is 0.200 e. The molecule has 1 nitrogen and oxygen atoms in total. The van der Waals surface area contributed by atoms with E-state index < -0.39 is 12.3 Å². The van der Waals surface area contributed by atoms with Crippen molar-refractivity contribution in [3.63, 3.8) is 0 Å². The molecule has 0 unspecified atom stereocenters. The zero-order valence-electron chi connectivity index (χ0n) is 7.93. The van der Waals surface area contributed by atoms with Crippen LogP contribution in [0.1, 0.15) is 24.5 Å². The molecule has 0 saturated carbocycles. The van der Waals surface area contributed by atoms with Gasteiger partial charge in [0.15, 0.2) is 0 Å². The van der Waals surface area contributed by atoms with Gasteiger partial charge in [0.25, 0.3) is 5.92 Å². The van der Waals surface area contributed by atoms with Crippen LogP contribution < -0.4 is 0 Å². The van der Waals surface area contributed by atoms with Crippen molar-refractivity contribution < 1.29 is 8.78 Å². The molecular formula is C11H11F2N. The van der Waals surface area contributed by atoms with E-state index in [0.717, 1.165) is 12.0 Å². The number of rotatable bonds is 3. The first-order valence-electron chi connectivity index (χ1n) is 4.44. The summed E-state index contributed by atoms with van der Waals surface area (Å²) in [6.45, 7) is 1.96.